The number of rotatable bonds is 7. The van der Waals surface area contributed by atoms with E-state index in [-0.39, 0.29) is 24.4 Å². The Kier molecular flexibility index (Phi) is 9.60. The highest BCUT2D eigenvalue weighted by Gasteiger charge is 2.46. The van der Waals surface area contributed by atoms with Crippen molar-refractivity contribution in [2.75, 3.05) is 36.4 Å². The van der Waals surface area contributed by atoms with E-state index in [0.29, 0.717) is 49.2 Å². The summed E-state index contributed by atoms with van der Waals surface area (Å²) in [7, 11) is 0. The third-order valence-electron chi connectivity index (χ3n) is 10.0. The van der Waals surface area contributed by atoms with Crippen LogP contribution in [0, 0.1) is 25.6 Å². The molecule has 0 saturated carbocycles. The standard InChI is InChI=1S/C37H42F4N4O2/c1-24-12-17-28(22-31(24)43-18-3-4-19-43)42-35(46)29-9-6-21-45(36(47)33-25(2)8-5-10-30(33)38)34(29)27-15-13-26(14-16-27)23-44-20-7-11-32(44)37(39,40)41/h5,8,10,12-17,22,29,32,34H,3-4,6-7,9,11,18-21,23H2,1-2H3,(H,42,46)/t29-,32-,34-/m0/s1. The zero-order valence-corrected chi connectivity index (χ0v) is 27.0. The quantitative estimate of drug-likeness (QED) is 0.265. The summed E-state index contributed by atoms with van der Waals surface area (Å²) in [4.78, 5) is 33.5. The first-order chi connectivity index (χ1) is 22.5. The summed E-state index contributed by atoms with van der Waals surface area (Å²) in [5.74, 6) is -1.96. The van der Waals surface area contributed by atoms with Gasteiger partial charge in [0.2, 0.25) is 5.91 Å². The van der Waals surface area contributed by atoms with Gasteiger partial charge < -0.3 is 15.1 Å². The molecule has 3 aromatic carbocycles. The maximum atomic E-state index is 15.1. The molecule has 0 unspecified atom stereocenters. The molecule has 3 heterocycles. The lowest BCUT2D eigenvalue weighted by atomic mass is 9.83. The maximum Gasteiger partial charge on any atom is 0.404 e. The van der Waals surface area contributed by atoms with E-state index < -0.39 is 35.9 Å². The number of piperidine rings is 1. The summed E-state index contributed by atoms with van der Waals surface area (Å²) in [6.45, 7) is 6.56. The Morgan fingerprint density at radius 1 is 0.851 bits per heavy atom. The second-order valence-corrected chi connectivity index (χ2v) is 13.2. The van der Waals surface area contributed by atoms with Crippen molar-refractivity contribution in [3.8, 4) is 0 Å². The second kappa shape index (κ2) is 13.7. The van der Waals surface area contributed by atoms with Crippen LogP contribution in [0.2, 0.25) is 0 Å². The van der Waals surface area contributed by atoms with Crippen LogP contribution >= 0.6 is 0 Å². The van der Waals surface area contributed by atoms with Crippen molar-refractivity contribution in [1.82, 2.24) is 9.80 Å². The van der Waals surface area contributed by atoms with Crippen LogP contribution in [-0.4, -0.2) is 60.0 Å². The highest BCUT2D eigenvalue weighted by atomic mass is 19.4. The van der Waals surface area contributed by atoms with E-state index in [2.05, 4.69) is 17.1 Å². The van der Waals surface area contributed by atoms with Gasteiger partial charge in [-0.3, -0.25) is 14.5 Å². The fourth-order valence-electron chi connectivity index (χ4n) is 7.62. The number of likely N-dealkylation sites (tertiary alicyclic amines) is 2. The molecule has 250 valence electrons. The molecule has 0 spiro atoms. The predicted octanol–water partition coefficient (Wildman–Crippen LogP) is 7.80. The van der Waals surface area contributed by atoms with Crippen LogP contribution in [0.25, 0.3) is 0 Å². The van der Waals surface area contributed by atoms with Gasteiger partial charge in [-0.2, -0.15) is 13.2 Å². The lowest BCUT2D eigenvalue weighted by Gasteiger charge is -2.41. The number of hydrogen-bond donors (Lipinski definition) is 1. The summed E-state index contributed by atoms with van der Waals surface area (Å²) in [5.41, 5.74) is 4.80. The molecule has 6 nitrogen and oxygen atoms in total. The average Bonchev–Trinajstić information content (AvgIpc) is 3.75. The summed E-state index contributed by atoms with van der Waals surface area (Å²) in [6.07, 6.45) is -0.355. The molecule has 3 aromatic rings. The van der Waals surface area contributed by atoms with Crippen molar-refractivity contribution >= 4 is 23.2 Å². The molecule has 6 rings (SSSR count). The van der Waals surface area contributed by atoms with Gasteiger partial charge in [-0.25, -0.2) is 4.39 Å². The second-order valence-electron chi connectivity index (χ2n) is 13.2. The van der Waals surface area contributed by atoms with Gasteiger partial charge in [-0.05, 0) is 99.4 Å². The lowest BCUT2D eigenvalue weighted by molar-refractivity contribution is -0.177. The normalized spacial score (nSPS) is 22.1. The number of carbonyl (C=O) groups excluding carboxylic acids is 2. The van der Waals surface area contributed by atoms with E-state index in [1.165, 1.54) is 11.0 Å². The number of halogens is 4. The first kappa shape index (κ1) is 33.0. The molecular formula is C37H42F4N4O2. The highest BCUT2D eigenvalue weighted by Crippen LogP contribution is 2.40. The predicted molar refractivity (Wildman–Crippen MR) is 175 cm³/mol. The van der Waals surface area contributed by atoms with E-state index in [9.17, 15) is 22.8 Å². The summed E-state index contributed by atoms with van der Waals surface area (Å²) < 4.78 is 55.8. The molecule has 1 N–H and O–H groups in total. The number of amides is 2. The SMILES string of the molecule is Cc1ccc(NC(=O)[C@H]2CCCN(C(=O)c3c(C)cccc3F)[C@H]2c2ccc(CN3CCC[C@H]3C(F)(F)F)cc2)cc1N1CCCC1. The van der Waals surface area contributed by atoms with Crippen LogP contribution in [0.4, 0.5) is 28.9 Å². The van der Waals surface area contributed by atoms with Gasteiger partial charge in [-0.15, -0.1) is 0 Å². The minimum Gasteiger partial charge on any atom is -0.371 e. The summed E-state index contributed by atoms with van der Waals surface area (Å²) in [5, 5.41) is 3.11. The number of aryl methyl sites for hydroxylation is 2. The van der Waals surface area contributed by atoms with Gasteiger partial charge in [0.15, 0.2) is 0 Å². The van der Waals surface area contributed by atoms with Crippen molar-refractivity contribution in [3.05, 3.63) is 94.3 Å². The van der Waals surface area contributed by atoms with Crippen LogP contribution in [-0.2, 0) is 11.3 Å². The van der Waals surface area contributed by atoms with E-state index in [1.54, 1.807) is 48.2 Å². The zero-order valence-electron chi connectivity index (χ0n) is 27.0. The van der Waals surface area contributed by atoms with Crippen molar-refractivity contribution in [2.24, 2.45) is 5.92 Å². The monoisotopic (exact) mass is 650 g/mol. The Morgan fingerprint density at radius 2 is 1.57 bits per heavy atom. The molecule has 3 atom stereocenters. The molecule has 0 aromatic heterocycles. The molecular weight excluding hydrogens is 608 g/mol. The Hall–Kier alpha value is -3.92. The molecule has 47 heavy (non-hydrogen) atoms. The van der Waals surface area contributed by atoms with E-state index in [4.69, 9.17) is 0 Å². The van der Waals surface area contributed by atoms with Crippen molar-refractivity contribution in [3.63, 3.8) is 0 Å². The molecule has 3 fully saturated rings. The molecule has 3 aliphatic rings. The van der Waals surface area contributed by atoms with Crippen molar-refractivity contribution < 1.29 is 27.2 Å². The third-order valence-corrected chi connectivity index (χ3v) is 10.0. The molecule has 3 aliphatic heterocycles. The maximum absolute atomic E-state index is 15.1. The topological polar surface area (TPSA) is 55.9 Å². The largest absolute Gasteiger partial charge is 0.404 e. The fourth-order valence-corrected chi connectivity index (χ4v) is 7.62. The van der Waals surface area contributed by atoms with Gasteiger partial charge in [0.1, 0.15) is 11.9 Å². The van der Waals surface area contributed by atoms with Gasteiger partial charge >= 0.3 is 6.18 Å². The van der Waals surface area contributed by atoms with Gasteiger partial charge in [0, 0.05) is 37.6 Å². The number of anilines is 2. The minimum atomic E-state index is -4.28. The van der Waals surface area contributed by atoms with E-state index in [1.807, 2.05) is 18.2 Å². The van der Waals surface area contributed by atoms with Gasteiger partial charge in [0.25, 0.3) is 5.91 Å². The molecule has 0 bridgehead atoms. The number of hydrogen-bond acceptors (Lipinski definition) is 4. The summed E-state index contributed by atoms with van der Waals surface area (Å²) >= 11 is 0. The number of carbonyl (C=O) groups is 2. The van der Waals surface area contributed by atoms with Crippen LogP contribution in [0.1, 0.15) is 77.2 Å². The Labute approximate surface area is 273 Å². The lowest BCUT2D eigenvalue weighted by Crippen LogP contribution is -2.46. The number of benzene rings is 3. The average molecular weight is 651 g/mol. The van der Waals surface area contributed by atoms with Crippen LogP contribution < -0.4 is 10.2 Å². The smallest absolute Gasteiger partial charge is 0.371 e. The number of nitrogens with one attached hydrogen (secondary N) is 1. The first-order valence-electron chi connectivity index (χ1n) is 16.6. The number of nitrogens with zero attached hydrogens (tertiary/aromatic N) is 3. The van der Waals surface area contributed by atoms with Crippen LogP contribution in [0.15, 0.2) is 60.7 Å². The van der Waals surface area contributed by atoms with Crippen molar-refractivity contribution in [2.45, 2.75) is 77.2 Å². The van der Waals surface area contributed by atoms with Gasteiger partial charge in [0.05, 0.1) is 17.5 Å². The molecule has 0 aliphatic carbocycles. The molecule has 2 amide bonds. The Bertz CT molecular complexity index is 1580. The fraction of sp³-hybridized carbons (Fsp3) is 0.459. The van der Waals surface area contributed by atoms with Crippen LogP contribution in [0.5, 0.6) is 0 Å². The molecule has 10 heteroatoms. The first-order valence-corrected chi connectivity index (χ1v) is 16.6. The van der Waals surface area contributed by atoms with E-state index >= 15 is 4.39 Å². The Balaban J connectivity index is 1.30. The van der Waals surface area contributed by atoms with Crippen LogP contribution in [0.3, 0.4) is 0 Å². The molecule has 3 saturated heterocycles. The Morgan fingerprint density at radius 3 is 2.28 bits per heavy atom. The minimum absolute atomic E-state index is 0.0174. The zero-order chi connectivity index (χ0) is 33.3. The van der Waals surface area contributed by atoms with Gasteiger partial charge in [-0.1, -0.05) is 42.5 Å². The highest BCUT2D eigenvalue weighted by molar-refractivity contribution is 5.98. The summed E-state index contributed by atoms with van der Waals surface area (Å²) in [6, 6.07) is 15.4. The third kappa shape index (κ3) is 7.03. The van der Waals surface area contributed by atoms with Crippen molar-refractivity contribution in [1.29, 1.82) is 0 Å². The van der Waals surface area contributed by atoms with E-state index in [0.717, 1.165) is 42.7 Å². The number of alkyl halides is 3. The molecule has 0 radical (unpaired) electrons.